The molecule has 5 nitrogen and oxygen atoms in total. The van der Waals surface area contributed by atoms with Crippen molar-refractivity contribution in [2.45, 2.75) is 59.2 Å². The molecule has 6 heteroatoms. The Bertz CT molecular complexity index is 1100. The third kappa shape index (κ3) is 4.39. The average Bonchev–Trinajstić information content (AvgIpc) is 2.67. The fourth-order valence-corrected chi connectivity index (χ4v) is 4.15. The van der Waals surface area contributed by atoms with Crippen LogP contribution in [-0.4, -0.2) is 23.0 Å². The molecule has 3 rings (SSSR count). The topological polar surface area (TPSA) is 78.6 Å². The molecule has 0 aromatic heterocycles. The number of Topliss-reactive ketones (excluding diaryl/α,β-unsaturated/α-hetero) is 1. The van der Waals surface area contributed by atoms with Gasteiger partial charge in [0.15, 0.2) is 11.5 Å². The van der Waals surface area contributed by atoms with E-state index >= 15 is 0 Å². The molecule has 31 heavy (non-hydrogen) atoms. The van der Waals surface area contributed by atoms with Crippen LogP contribution < -0.4 is 5.73 Å². The number of ether oxygens (including phenoxy) is 2. The Labute approximate surface area is 188 Å². The van der Waals surface area contributed by atoms with Crippen molar-refractivity contribution in [3.63, 3.8) is 0 Å². The summed E-state index contributed by atoms with van der Waals surface area (Å²) in [5, 5.41) is 0.504. The standard InChI is InChI=1S/C25H28ClNO4/c1-7-15-12-16(17-9-11-19(26)20(27)13-17)8-10-18(15)21-22(29)24(3,4)31-25(5,6)23(21)30-14(2)28/h8-13H,7,27H2,1-6H3. The Kier molecular flexibility index (Phi) is 6.05. The largest absolute Gasteiger partial charge is 0.427 e. The van der Waals surface area contributed by atoms with Gasteiger partial charge in [-0.1, -0.05) is 42.8 Å². The third-order valence-corrected chi connectivity index (χ3v) is 5.73. The lowest BCUT2D eigenvalue weighted by Gasteiger charge is -2.42. The van der Waals surface area contributed by atoms with Crippen LogP contribution in [0.3, 0.4) is 0 Å². The van der Waals surface area contributed by atoms with Gasteiger partial charge in [0.1, 0.15) is 11.2 Å². The molecular weight excluding hydrogens is 414 g/mol. The molecule has 0 radical (unpaired) electrons. The van der Waals surface area contributed by atoms with Gasteiger partial charge >= 0.3 is 5.97 Å². The zero-order chi connectivity index (χ0) is 23.1. The SMILES string of the molecule is CCc1cc(-c2ccc(Cl)c(N)c2)ccc1C1=C(OC(C)=O)C(C)(C)OC(C)(C)C1=O. The molecule has 0 fully saturated rings. The summed E-state index contributed by atoms with van der Waals surface area (Å²) >= 11 is 6.06. The normalized spacial score (nSPS) is 17.6. The van der Waals surface area contributed by atoms with Crippen molar-refractivity contribution in [1.29, 1.82) is 0 Å². The maximum atomic E-state index is 13.4. The van der Waals surface area contributed by atoms with E-state index in [1.807, 2.05) is 37.3 Å². The fourth-order valence-electron chi connectivity index (χ4n) is 4.03. The lowest BCUT2D eigenvalue weighted by Crippen LogP contribution is -2.50. The highest BCUT2D eigenvalue weighted by molar-refractivity contribution is 6.33. The number of esters is 1. The van der Waals surface area contributed by atoms with E-state index in [-0.39, 0.29) is 11.5 Å². The summed E-state index contributed by atoms with van der Waals surface area (Å²) in [4.78, 5) is 25.3. The number of carbonyl (C=O) groups excluding carboxylic acids is 2. The second-order valence-corrected chi connectivity index (χ2v) is 9.12. The molecule has 0 atom stereocenters. The number of rotatable bonds is 4. The lowest BCUT2D eigenvalue weighted by atomic mass is 9.81. The third-order valence-electron chi connectivity index (χ3n) is 5.39. The molecule has 0 saturated carbocycles. The summed E-state index contributed by atoms with van der Waals surface area (Å²) in [6.45, 7) is 10.4. The number of nitrogen functional groups attached to an aromatic ring is 1. The van der Waals surface area contributed by atoms with Gasteiger partial charge in [-0.15, -0.1) is 0 Å². The summed E-state index contributed by atoms with van der Waals surface area (Å²) in [6, 6.07) is 11.3. The van der Waals surface area contributed by atoms with Gasteiger partial charge in [0, 0.05) is 6.92 Å². The summed E-state index contributed by atoms with van der Waals surface area (Å²) in [6.07, 6.45) is 0.679. The van der Waals surface area contributed by atoms with E-state index in [1.165, 1.54) is 6.92 Å². The molecule has 2 N–H and O–H groups in total. The zero-order valence-corrected chi connectivity index (χ0v) is 19.5. The molecule has 2 aromatic rings. The van der Waals surface area contributed by atoms with Crippen LogP contribution in [0.2, 0.25) is 5.02 Å². The average molecular weight is 442 g/mol. The summed E-state index contributed by atoms with van der Waals surface area (Å²) in [7, 11) is 0. The first-order valence-corrected chi connectivity index (χ1v) is 10.6. The molecule has 0 unspecified atom stereocenters. The lowest BCUT2D eigenvalue weighted by molar-refractivity contribution is -0.165. The van der Waals surface area contributed by atoms with Gasteiger partial charge in [-0.25, -0.2) is 0 Å². The highest BCUT2D eigenvalue weighted by atomic mass is 35.5. The van der Waals surface area contributed by atoms with E-state index < -0.39 is 17.2 Å². The Morgan fingerprint density at radius 1 is 1.06 bits per heavy atom. The second kappa shape index (κ2) is 8.13. The van der Waals surface area contributed by atoms with Crippen LogP contribution in [0, 0.1) is 0 Å². The number of aryl methyl sites for hydroxylation is 1. The van der Waals surface area contributed by atoms with Crippen LogP contribution in [-0.2, 0) is 25.5 Å². The maximum Gasteiger partial charge on any atom is 0.307 e. The van der Waals surface area contributed by atoms with Gasteiger partial charge < -0.3 is 15.2 Å². The first-order chi connectivity index (χ1) is 14.4. The number of hydrogen-bond acceptors (Lipinski definition) is 5. The van der Waals surface area contributed by atoms with E-state index in [1.54, 1.807) is 33.8 Å². The predicted molar refractivity (Wildman–Crippen MR) is 124 cm³/mol. The van der Waals surface area contributed by atoms with E-state index in [4.69, 9.17) is 26.8 Å². The number of benzene rings is 2. The molecule has 0 aliphatic carbocycles. The molecular formula is C25H28ClNO4. The van der Waals surface area contributed by atoms with E-state index in [0.29, 0.717) is 22.7 Å². The minimum absolute atomic E-state index is 0.221. The molecule has 0 amide bonds. The summed E-state index contributed by atoms with van der Waals surface area (Å²) in [5.74, 6) is -0.480. The molecule has 1 aliphatic rings. The molecule has 0 saturated heterocycles. The Morgan fingerprint density at radius 2 is 1.68 bits per heavy atom. The van der Waals surface area contributed by atoms with E-state index in [9.17, 15) is 9.59 Å². The molecule has 2 aromatic carbocycles. The number of carbonyl (C=O) groups is 2. The first kappa shape index (κ1) is 23.0. The van der Waals surface area contributed by atoms with Gasteiger partial charge in [-0.05, 0) is 68.5 Å². The zero-order valence-electron chi connectivity index (χ0n) is 18.8. The molecule has 0 bridgehead atoms. The first-order valence-electron chi connectivity index (χ1n) is 10.2. The van der Waals surface area contributed by atoms with Gasteiger partial charge in [-0.3, -0.25) is 9.59 Å². The van der Waals surface area contributed by atoms with Gasteiger partial charge in [0.05, 0.1) is 16.3 Å². The smallest absolute Gasteiger partial charge is 0.307 e. The number of ketones is 1. The molecule has 1 aliphatic heterocycles. The molecule has 0 spiro atoms. The van der Waals surface area contributed by atoms with Crippen molar-refractivity contribution in [3.05, 3.63) is 58.3 Å². The van der Waals surface area contributed by atoms with Crippen LogP contribution in [0.4, 0.5) is 5.69 Å². The number of anilines is 1. The number of nitrogens with two attached hydrogens (primary N) is 1. The Hall–Kier alpha value is -2.63. The summed E-state index contributed by atoms with van der Waals surface area (Å²) in [5.41, 5.74) is 8.42. The van der Waals surface area contributed by atoms with E-state index in [0.717, 1.165) is 22.3 Å². The van der Waals surface area contributed by atoms with E-state index in [2.05, 4.69) is 0 Å². The van der Waals surface area contributed by atoms with Crippen LogP contribution >= 0.6 is 11.6 Å². The monoisotopic (exact) mass is 441 g/mol. The Morgan fingerprint density at radius 3 is 2.26 bits per heavy atom. The minimum atomic E-state index is -1.06. The van der Waals surface area contributed by atoms with Crippen LogP contribution in [0.25, 0.3) is 16.7 Å². The van der Waals surface area contributed by atoms with Crippen molar-refractivity contribution in [3.8, 4) is 11.1 Å². The fraction of sp³-hybridized carbons (Fsp3) is 0.360. The van der Waals surface area contributed by atoms with Crippen molar-refractivity contribution >= 4 is 34.6 Å². The van der Waals surface area contributed by atoms with Gasteiger partial charge in [0.2, 0.25) is 0 Å². The van der Waals surface area contributed by atoms with Crippen molar-refractivity contribution in [2.75, 3.05) is 5.73 Å². The van der Waals surface area contributed by atoms with Crippen LogP contribution in [0.1, 0.15) is 52.7 Å². The highest BCUT2D eigenvalue weighted by Gasteiger charge is 2.48. The quantitative estimate of drug-likeness (QED) is 0.494. The molecule has 164 valence electrons. The number of halogens is 1. The van der Waals surface area contributed by atoms with Crippen molar-refractivity contribution in [1.82, 2.24) is 0 Å². The molecule has 1 heterocycles. The maximum absolute atomic E-state index is 13.4. The number of hydrogen-bond donors (Lipinski definition) is 1. The second-order valence-electron chi connectivity index (χ2n) is 8.71. The van der Waals surface area contributed by atoms with Crippen LogP contribution in [0.15, 0.2) is 42.2 Å². The minimum Gasteiger partial charge on any atom is -0.427 e. The van der Waals surface area contributed by atoms with Crippen molar-refractivity contribution in [2.24, 2.45) is 0 Å². The van der Waals surface area contributed by atoms with Gasteiger partial charge in [-0.2, -0.15) is 0 Å². The predicted octanol–water partition coefficient (Wildman–Crippen LogP) is 5.58. The van der Waals surface area contributed by atoms with Crippen molar-refractivity contribution < 1.29 is 19.1 Å². The Balaban J connectivity index is 2.24. The highest BCUT2D eigenvalue weighted by Crippen LogP contribution is 2.43. The summed E-state index contributed by atoms with van der Waals surface area (Å²) < 4.78 is 11.6. The van der Waals surface area contributed by atoms with Crippen LogP contribution in [0.5, 0.6) is 0 Å². The van der Waals surface area contributed by atoms with Gasteiger partial charge in [0.25, 0.3) is 0 Å².